The Morgan fingerprint density at radius 1 is 1.17 bits per heavy atom. The van der Waals surface area contributed by atoms with Crippen molar-refractivity contribution in [3.8, 4) is 11.5 Å². The second kappa shape index (κ2) is 7.85. The van der Waals surface area contributed by atoms with Gasteiger partial charge >= 0.3 is 0 Å². The molecule has 23 heavy (non-hydrogen) atoms. The molecule has 0 aromatic heterocycles. The number of carbonyl (C=O) groups is 2. The van der Waals surface area contributed by atoms with Gasteiger partial charge in [-0.15, -0.1) is 0 Å². The molecule has 1 saturated heterocycles. The maximum absolute atomic E-state index is 12.3. The minimum absolute atomic E-state index is 0.0225. The Labute approximate surface area is 136 Å². The summed E-state index contributed by atoms with van der Waals surface area (Å²) in [5.41, 5.74) is 0.956. The molecule has 2 amide bonds. The fraction of sp³-hybridized carbons (Fsp3) is 0.529. The summed E-state index contributed by atoms with van der Waals surface area (Å²) in [6.45, 7) is 3.33. The molecule has 0 atom stereocenters. The molecule has 6 nitrogen and oxygen atoms in total. The number of hydrogen-bond acceptors (Lipinski definition) is 4. The van der Waals surface area contributed by atoms with Crippen molar-refractivity contribution in [2.24, 2.45) is 5.92 Å². The Morgan fingerprint density at radius 3 is 2.39 bits per heavy atom. The molecule has 0 radical (unpaired) electrons. The largest absolute Gasteiger partial charge is 0.493 e. The Kier molecular flexibility index (Phi) is 5.84. The lowest BCUT2D eigenvalue weighted by Gasteiger charge is -2.30. The minimum Gasteiger partial charge on any atom is -0.493 e. The number of nitrogens with one attached hydrogen (secondary N) is 1. The first kappa shape index (κ1) is 17.1. The first-order valence-corrected chi connectivity index (χ1v) is 7.79. The van der Waals surface area contributed by atoms with Crippen molar-refractivity contribution in [1.29, 1.82) is 0 Å². The Morgan fingerprint density at radius 2 is 1.83 bits per heavy atom. The standard InChI is InChI=1S/C17H24N2O4/c1-12(20)19-8-6-14(7-9-19)17(21)18-11-13-4-5-15(22-2)16(10-13)23-3/h4-5,10,14H,6-9,11H2,1-3H3,(H,18,21). The minimum atomic E-state index is -0.0225. The van der Waals surface area contributed by atoms with Gasteiger partial charge in [0.25, 0.3) is 0 Å². The van der Waals surface area contributed by atoms with Crippen molar-refractivity contribution in [2.75, 3.05) is 27.3 Å². The molecule has 1 aromatic carbocycles. The van der Waals surface area contributed by atoms with Crippen molar-refractivity contribution >= 4 is 11.8 Å². The lowest BCUT2D eigenvalue weighted by atomic mass is 9.96. The first-order valence-electron chi connectivity index (χ1n) is 7.79. The number of nitrogens with zero attached hydrogens (tertiary/aromatic N) is 1. The number of carbonyl (C=O) groups excluding carboxylic acids is 2. The summed E-state index contributed by atoms with van der Waals surface area (Å²) in [4.78, 5) is 25.3. The quantitative estimate of drug-likeness (QED) is 0.894. The van der Waals surface area contributed by atoms with Crippen LogP contribution in [-0.2, 0) is 16.1 Å². The molecule has 1 fully saturated rings. The topological polar surface area (TPSA) is 67.9 Å². The predicted molar refractivity (Wildman–Crippen MR) is 86.4 cm³/mol. The number of hydrogen-bond donors (Lipinski definition) is 1. The van der Waals surface area contributed by atoms with Crippen LogP contribution in [0.2, 0.25) is 0 Å². The van der Waals surface area contributed by atoms with E-state index in [9.17, 15) is 9.59 Å². The fourth-order valence-corrected chi connectivity index (χ4v) is 2.78. The molecule has 0 aliphatic carbocycles. The van der Waals surface area contributed by atoms with E-state index < -0.39 is 0 Å². The van der Waals surface area contributed by atoms with Gasteiger partial charge in [-0.05, 0) is 30.5 Å². The molecule has 0 saturated carbocycles. The second-order valence-corrected chi connectivity index (χ2v) is 5.69. The van der Waals surface area contributed by atoms with E-state index in [4.69, 9.17) is 9.47 Å². The van der Waals surface area contributed by atoms with Gasteiger partial charge in [0.1, 0.15) is 0 Å². The van der Waals surface area contributed by atoms with E-state index >= 15 is 0 Å². The van der Waals surface area contributed by atoms with E-state index in [0.29, 0.717) is 31.1 Å². The number of ether oxygens (including phenoxy) is 2. The normalized spacial score (nSPS) is 15.2. The highest BCUT2D eigenvalue weighted by Crippen LogP contribution is 2.27. The highest BCUT2D eigenvalue weighted by atomic mass is 16.5. The number of rotatable bonds is 5. The number of likely N-dealkylation sites (tertiary alicyclic amines) is 1. The predicted octanol–water partition coefficient (Wildman–Crippen LogP) is 1.58. The molecule has 0 unspecified atom stereocenters. The summed E-state index contributed by atoms with van der Waals surface area (Å²) >= 11 is 0. The van der Waals surface area contributed by atoms with E-state index in [1.54, 1.807) is 26.0 Å². The third-order valence-electron chi connectivity index (χ3n) is 4.23. The van der Waals surface area contributed by atoms with Crippen LogP contribution in [-0.4, -0.2) is 44.0 Å². The van der Waals surface area contributed by atoms with Crippen molar-refractivity contribution in [2.45, 2.75) is 26.3 Å². The molecule has 1 aliphatic rings. The Bertz CT molecular complexity index is 566. The number of benzene rings is 1. The molecule has 6 heteroatoms. The van der Waals surface area contributed by atoms with Gasteiger partial charge in [-0.2, -0.15) is 0 Å². The zero-order valence-electron chi connectivity index (χ0n) is 13.9. The molecule has 0 spiro atoms. The lowest BCUT2D eigenvalue weighted by molar-refractivity contribution is -0.134. The van der Waals surface area contributed by atoms with E-state index in [-0.39, 0.29) is 17.7 Å². The van der Waals surface area contributed by atoms with Crippen LogP contribution < -0.4 is 14.8 Å². The SMILES string of the molecule is COc1ccc(CNC(=O)C2CCN(C(C)=O)CC2)cc1OC. The van der Waals surface area contributed by atoms with Crippen LogP contribution in [0, 0.1) is 5.92 Å². The van der Waals surface area contributed by atoms with E-state index in [1.165, 1.54) is 0 Å². The van der Waals surface area contributed by atoms with Crippen LogP contribution in [0.15, 0.2) is 18.2 Å². The Balaban J connectivity index is 1.86. The van der Waals surface area contributed by atoms with Crippen molar-refractivity contribution in [3.63, 3.8) is 0 Å². The Hall–Kier alpha value is -2.24. The van der Waals surface area contributed by atoms with Gasteiger partial charge in [0.2, 0.25) is 11.8 Å². The van der Waals surface area contributed by atoms with Gasteiger partial charge in [-0.25, -0.2) is 0 Å². The average molecular weight is 320 g/mol. The molecule has 0 bridgehead atoms. The van der Waals surface area contributed by atoms with Crippen molar-refractivity contribution < 1.29 is 19.1 Å². The van der Waals surface area contributed by atoms with Crippen LogP contribution in [0.25, 0.3) is 0 Å². The number of methoxy groups -OCH3 is 2. The monoisotopic (exact) mass is 320 g/mol. The van der Waals surface area contributed by atoms with E-state index in [1.807, 2.05) is 18.2 Å². The summed E-state index contributed by atoms with van der Waals surface area (Å²) in [7, 11) is 3.18. The average Bonchev–Trinajstić information content (AvgIpc) is 2.59. The molecular formula is C17H24N2O4. The van der Waals surface area contributed by atoms with Gasteiger partial charge in [-0.1, -0.05) is 6.07 Å². The number of amides is 2. The van der Waals surface area contributed by atoms with E-state index in [0.717, 1.165) is 18.4 Å². The molecular weight excluding hydrogens is 296 g/mol. The third-order valence-corrected chi connectivity index (χ3v) is 4.23. The van der Waals surface area contributed by atoms with E-state index in [2.05, 4.69) is 5.32 Å². The molecule has 1 N–H and O–H groups in total. The van der Waals surface area contributed by atoms with Crippen molar-refractivity contribution in [1.82, 2.24) is 10.2 Å². The summed E-state index contributed by atoms with van der Waals surface area (Å²) < 4.78 is 10.5. The van der Waals surface area contributed by atoms with Crippen LogP contribution in [0.5, 0.6) is 11.5 Å². The second-order valence-electron chi connectivity index (χ2n) is 5.69. The van der Waals surface area contributed by atoms with Gasteiger partial charge in [0.05, 0.1) is 14.2 Å². The van der Waals surface area contributed by atoms with Crippen LogP contribution in [0.1, 0.15) is 25.3 Å². The highest BCUT2D eigenvalue weighted by Gasteiger charge is 2.25. The van der Waals surface area contributed by atoms with Gasteiger partial charge in [-0.3, -0.25) is 9.59 Å². The zero-order valence-corrected chi connectivity index (χ0v) is 13.9. The molecule has 1 aliphatic heterocycles. The first-order chi connectivity index (χ1) is 11.0. The summed E-state index contributed by atoms with van der Waals surface area (Å²) in [5, 5.41) is 2.96. The summed E-state index contributed by atoms with van der Waals surface area (Å²) in [5.74, 6) is 1.41. The molecule has 2 rings (SSSR count). The van der Waals surface area contributed by atoms with Crippen LogP contribution in [0.4, 0.5) is 0 Å². The maximum atomic E-state index is 12.3. The number of piperidine rings is 1. The maximum Gasteiger partial charge on any atom is 0.223 e. The summed E-state index contributed by atoms with van der Waals surface area (Å²) in [6, 6.07) is 5.59. The highest BCUT2D eigenvalue weighted by molar-refractivity contribution is 5.79. The molecule has 1 heterocycles. The third kappa shape index (κ3) is 4.37. The lowest BCUT2D eigenvalue weighted by Crippen LogP contribution is -2.42. The zero-order chi connectivity index (χ0) is 16.8. The van der Waals surface area contributed by atoms with Crippen LogP contribution in [0.3, 0.4) is 0 Å². The van der Waals surface area contributed by atoms with Gasteiger partial charge < -0.3 is 19.7 Å². The molecule has 126 valence electrons. The van der Waals surface area contributed by atoms with Crippen molar-refractivity contribution in [3.05, 3.63) is 23.8 Å². The summed E-state index contributed by atoms with van der Waals surface area (Å²) in [6.07, 6.45) is 1.44. The fourth-order valence-electron chi connectivity index (χ4n) is 2.78. The molecule has 1 aromatic rings. The van der Waals surface area contributed by atoms with Gasteiger partial charge in [0.15, 0.2) is 11.5 Å². The smallest absolute Gasteiger partial charge is 0.223 e. The van der Waals surface area contributed by atoms with Gasteiger partial charge in [0, 0.05) is 32.5 Å². The van der Waals surface area contributed by atoms with Crippen LogP contribution >= 0.6 is 0 Å².